The van der Waals surface area contributed by atoms with Crippen LogP contribution in [0.25, 0.3) is 11.1 Å². The number of nitrogens with zero attached hydrogens (tertiary/aromatic N) is 2. The van der Waals surface area contributed by atoms with E-state index in [0.717, 1.165) is 48.4 Å². The summed E-state index contributed by atoms with van der Waals surface area (Å²) in [6, 6.07) is 13.4. The predicted octanol–water partition coefficient (Wildman–Crippen LogP) is 3.63. The van der Waals surface area contributed by atoms with E-state index in [9.17, 15) is 9.90 Å². The smallest absolute Gasteiger partial charge is 0.322 e. The van der Waals surface area contributed by atoms with Gasteiger partial charge < -0.3 is 30.1 Å². The number of hydrogen-bond acceptors (Lipinski definition) is 6. The molecule has 4 rings (SSSR count). The van der Waals surface area contributed by atoms with Crippen LogP contribution in [0, 0.1) is 0 Å². The largest absolute Gasteiger partial charge is 0.497 e. The fourth-order valence-electron chi connectivity index (χ4n) is 4.22. The molecule has 0 atom stereocenters. The number of methoxy groups -OCH3 is 1. The van der Waals surface area contributed by atoms with Gasteiger partial charge in [0.1, 0.15) is 11.5 Å². The number of amides is 2. The fraction of sp³-hybridized carbons (Fsp3) is 0.385. The first-order chi connectivity index (χ1) is 17.2. The van der Waals surface area contributed by atoms with Gasteiger partial charge in [-0.3, -0.25) is 5.10 Å². The van der Waals surface area contributed by atoms with Gasteiger partial charge in [0.15, 0.2) is 0 Å². The summed E-state index contributed by atoms with van der Waals surface area (Å²) in [7, 11) is 1.64. The van der Waals surface area contributed by atoms with Gasteiger partial charge in [-0.2, -0.15) is 5.10 Å². The second-order valence-electron chi connectivity index (χ2n) is 8.51. The lowest BCUT2D eigenvalue weighted by Crippen LogP contribution is -2.47. The van der Waals surface area contributed by atoms with Crippen molar-refractivity contribution >= 4 is 11.7 Å². The minimum atomic E-state index is -0.178. The van der Waals surface area contributed by atoms with Gasteiger partial charge in [-0.1, -0.05) is 18.2 Å². The Kier molecular flexibility index (Phi) is 8.58. The number of piperidine rings is 1. The molecule has 2 amide bonds. The molecule has 0 radical (unpaired) electrons. The normalized spacial score (nSPS) is 13.9. The number of H-pyrrole nitrogens is 1. The number of anilines is 1. The molecular formula is C26H33N5O4. The van der Waals surface area contributed by atoms with E-state index in [0.29, 0.717) is 31.0 Å². The predicted molar refractivity (Wildman–Crippen MR) is 135 cm³/mol. The molecule has 1 aliphatic rings. The zero-order valence-corrected chi connectivity index (χ0v) is 20.0. The van der Waals surface area contributed by atoms with Crippen LogP contribution in [-0.4, -0.2) is 65.7 Å². The van der Waals surface area contributed by atoms with Crippen molar-refractivity contribution < 1.29 is 19.4 Å². The first-order valence-electron chi connectivity index (χ1n) is 12.0. The Bertz CT molecular complexity index is 1080. The number of rotatable bonds is 10. The molecule has 1 fully saturated rings. The Morgan fingerprint density at radius 3 is 2.80 bits per heavy atom. The van der Waals surface area contributed by atoms with Crippen LogP contribution in [0.2, 0.25) is 0 Å². The molecule has 9 nitrogen and oxygen atoms in total. The zero-order valence-electron chi connectivity index (χ0n) is 20.0. The van der Waals surface area contributed by atoms with Gasteiger partial charge in [0.2, 0.25) is 0 Å². The molecule has 3 aromatic rings. The monoisotopic (exact) mass is 479 g/mol. The molecule has 4 N–H and O–H groups in total. The number of carbonyl (C=O) groups is 1. The maximum Gasteiger partial charge on any atom is 0.322 e. The summed E-state index contributed by atoms with van der Waals surface area (Å²) in [5.74, 6) is 1.32. The number of aromatic amines is 1. The van der Waals surface area contributed by atoms with Gasteiger partial charge in [0.25, 0.3) is 0 Å². The van der Waals surface area contributed by atoms with E-state index in [4.69, 9.17) is 9.47 Å². The second kappa shape index (κ2) is 12.2. The summed E-state index contributed by atoms with van der Waals surface area (Å²) in [5.41, 5.74) is 3.43. The number of nitrogens with one attached hydrogen (secondary N) is 3. The number of urea groups is 1. The van der Waals surface area contributed by atoms with Crippen molar-refractivity contribution in [3.63, 3.8) is 0 Å². The molecule has 1 saturated heterocycles. The SMILES string of the molecule is COc1cccc(CN(C(=O)Nc2ccc(-c3cn[nH]c3)cc2OCCCO)C2CCNCC2)c1. The first kappa shape index (κ1) is 24.6. The minimum Gasteiger partial charge on any atom is -0.497 e. The number of aromatic nitrogens is 2. The maximum absolute atomic E-state index is 13.6. The Morgan fingerprint density at radius 1 is 1.20 bits per heavy atom. The average molecular weight is 480 g/mol. The van der Waals surface area contributed by atoms with Crippen LogP contribution < -0.4 is 20.1 Å². The molecule has 1 aliphatic heterocycles. The number of aliphatic hydroxyl groups is 1. The lowest BCUT2D eigenvalue weighted by atomic mass is 10.0. The third-order valence-electron chi connectivity index (χ3n) is 6.11. The number of ether oxygens (including phenoxy) is 2. The van der Waals surface area contributed by atoms with Gasteiger partial charge in [-0.05, 0) is 61.3 Å². The van der Waals surface area contributed by atoms with E-state index >= 15 is 0 Å². The minimum absolute atomic E-state index is 0.0349. The van der Waals surface area contributed by atoms with Crippen molar-refractivity contribution in [2.24, 2.45) is 0 Å². The van der Waals surface area contributed by atoms with Crippen LogP contribution in [0.5, 0.6) is 11.5 Å². The Morgan fingerprint density at radius 2 is 2.06 bits per heavy atom. The summed E-state index contributed by atoms with van der Waals surface area (Å²) in [6.45, 7) is 2.60. The van der Waals surface area contributed by atoms with E-state index < -0.39 is 0 Å². The summed E-state index contributed by atoms with van der Waals surface area (Å²) >= 11 is 0. The second-order valence-corrected chi connectivity index (χ2v) is 8.51. The number of benzene rings is 2. The van der Waals surface area contributed by atoms with Crippen LogP contribution in [-0.2, 0) is 6.54 Å². The van der Waals surface area contributed by atoms with Gasteiger partial charge in [-0.15, -0.1) is 0 Å². The third-order valence-corrected chi connectivity index (χ3v) is 6.11. The molecule has 0 spiro atoms. The highest BCUT2D eigenvalue weighted by molar-refractivity contribution is 5.92. The molecule has 1 aromatic heterocycles. The highest BCUT2D eigenvalue weighted by Crippen LogP contribution is 2.32. The molecule has 0 saturated carbocycles. The number of hydrogen-bond donors (Lipinski definition) is 4. The maximum atomic E-state index is 13.6. The zero-order chi connectivity index (χ0) is 24.5. The topological polar surface area (TPSA) is 112 Å². The Balaban J connectivity index is 1.57. The van der Waals surface area contributed by atoms with E-state index in [1.165, 1.54) is 0 Å². The van der Waals surface area contributed by atoms with Crippen LogP contribution in [0.15, 0.2) is 54.9 Å². The first-order valence-corrected chi connectivity index (χ1v) is 12.0. The van der Waals surface area contributed by atoms with Crippen molar-refractivity contribution in [3.05, 3.63) is 60.4 Å². The quantitative estimate of drug-likeness (QED) is 0.331. The van der Waals surface area contributed by atoms with E-state index in [1.54, 1.807) is 19.5 Å². The summed E-state index contributed by atoms with van der Waals surface area (Å²) in [4.78, 5) is 15.5. The van der Waals surface area contributed by atoms with Crippen LogP contribution >= 0.6 is 0 Å². The van der Waals surface area contributed by atoms with Gasteiger partial charge in [0, 0.05) is 37.4 Å². The third kappa shape index (κ3) is 6.52. The van der Waals surface area contributed by atoms with E-state index in [-0.39, 0.29) is 18.7 Å². The van der Waals surface area contributed by atoms with Crippen LogP contribution in [0.3, 0.4) is 0 Å². The van der Waals surface area contributed by atoms with Gasteiger partial charge in [0.05, 0.1) is 25.6 Å². The number of aliphatic hydroxyl groups excluding tert-OH is 1. The van der Waals surface area contributed by atoms with Gasteiger partial charge in [-0.25, -0.2) is 4.79 Å². The lowest BCUT2D eigenvalue weighted by molar-refractivity contribution is 0.166. The molecule has 2 aromatic carbocycles. The highest BCUT2D eigenvalue weighted by Gasteiger charge is 2.26. The number of carbonyl (C=O) groups excluding carboxylic acids is 1. The molecular weight excluding hydrogens is 446 g/mol. The molecule has 2 heterocycles. The van der Waals surface area contributed by atoms with E-state index in [2.05, 4.69) is 20.8 Å². The van der Waals surface area contributed by atoms with Crippen molar-refractivity contribution in [3.8, 4) is 22.6 Å². The Labute approximate surface area is 205 Å². The standard InChI is InChI=1S/C26H33N5O4/c1-34-23-5-2-4-19(14-23)18-31(22-8-10-27-11-9-22)26(33)30-24-7-6-20(21-16-28-29-17-21)15-25(24)35-13-3-12-32/h2,4-7,14-17,22,27,32H,3,8-13,18H2,1H3,(H,28,29)(H,30,33). The van der Waals surface area contributed by atoms with Crippen molar-refractivity contribution in [2.45, 2.75) is 31.8 Å². The molecule has 0 unspecified atom stereocenters. The van der Waals surface area contributed by atoms with Crippen LogP contribution in [0.1, 0.15) is 24.8 Å². The van der Waals surface area contributed by atoms with Crippen molar-refractivity contribution in [1.29, 1.82) is 0 Å². The lowest BCUT2D eigenvalue weighted by Gasteiger charge is -2.35. The summed E-state index contributed by atoms with van der Waals surface area (Å²) < 4.78 is 11.3. The highest BCUT2D eigenvalue weighted by atomic mass is 16.5. The van der Waals surface area contributed by atoms with Crippen molar-refractivity contribution in [2.75, 3.05) is 38.7 Å². The average Bonchev–Trinajstić information content (AvgIpc) is 3.44. The van der Waals surface area contributed by atoms with Crippen molar-refractivity contribution in [1.82, 2.24) is 20.4 Å². The fourth-order valence-corrected chi connectivity index (χ4v) is 4.22. The van der Waals surface area contributed by atoms with Gasteiger partial charge >= 0.3 is 6.03 Å². The molecule has 186 valence electrons. The molecule has 0 aliphatic carbocycles. The molecule has 35 heavy (non-hydrogen) atoms. The van der Waals surface area contributed by atoms with E-state index in [1.807, 2.05) is 47.4 Å². The Hall–Kier alpha value is -3.56. The summed E-state index contributed by atoms with van der Waals surface area (Å²) in [6.07, 6.45) is 5.81. The summed E-state index contributed by atoms with van der Waals surface area (Å²) in [5, 5.41) is 22.5. The van der Waals surface area contributed by atoms with Crippen LogP contribution in [0.4, 0.5) is 10.5 Å². The molecule has 0 bridgehead atoms. The molecule has 9 heteroatoms.